The van der Waals surface area contributed by atoms with Crippen molar-refractivity contribution in [2.45, 2.75) is 64.7 Å². The van der Waals surface area contributed by atoms with Crippen molar-refractivity contribution >= 4 is 5.69 Å². The summed E-state index contributed by atoms with van der Waals surface area (Å²) < 4.78 is 5.92. The molecule has 0 bridgehead atoms. The predicted molar refractivity (Wildman–Crippen MR) is 91.1 cm³/mol. The van der Waals surface area contributed by atoms with Crippen LogP contribution >= 0.6 is 0 Å². The lowest BCUT2D eigenvalue weighted by Crippen LogP contribution is -2.12. The Morgan fingerprint density at radius 3 is 2.71 bits per heavy atom. The number of para-hydroxylation sites is 2. The quantitative estimate of drug-likeness (QED) is 0.594. The second-order valence-corrected chi connectivity index (χ2v) is 6.27. The van der Waals surface area contributed by atoms with E-state index >= 15 is 0 Å². The van der Waals surface area contributed by atoms with Crippen molar-refractivity contribution < 1.29 is 4.74 Å². The van der Waals surface area contributed by atoms with Crippen LogP contribution in [0.2, 0.25) is 0 Å². The van der Waals surface area contributed by atoms with Crippen molar-refractivity contribution in [1.29, 1.82) is 0 Å². The molecule has 2 nitrogen and oxygen atoms in total. The van der Waals surface area contributed by atoms with Gasteiger partial charge in [-0.1, -0.05) is 64.0 Å². The van der Waals surface area contributed by atoms with E-state index in [1.807, 2.05) is 0 Å². The van der Waals surface area contributed by atoms with Gasteiger partial charge in [0.05, 0.1) is 12.3 Å². The van der Waals surface area contributed by atoms with Gasteiger partial charge in [0.15, 0.2) is 0 Å². The van der Waals surface area contributed by atoms with Gasteiger partial charge < -0.3 is 10.1 Å². The molecule has 1 aliphatic carbocycles. The molecule has 1 aromatic carbocycles. The number of nitrogens with one attached hydrogen (secondary N) is 1. The van der Waals surface area contributed by atoms with Crippen LogP contribution in [0.3, 0.4) is 0 Å². The lowest BCUT2D eigenvalue weighted by atomic mass is 9.87. The van der Waals surface area contributed by atoms with Crippen molar-refractivity contribution in [3.63, 3.8) is 0 Å². The molecule has 2 rings (SSSR count). The maximum Gasteiger partial charge on any atom is 0.142 e. The van der Waals surface area contributed by atoms with Crippen LogP contribution in [-0.2, 0) is 0 Å². The van der Waals surface area contributed by atoms with Crippen LogP contribution in [0.25, 0.3) is 0 Å². The molecule has 2 heteroatoms. The van der Waals surface area contributed by atoms with Gasteiger partial charge >= 0.3 is 0 Å². The zero-order valence-corrected chi connectivity index (χ0v) is 13.6. The Bertz CT molecular complexity index is 385. The smallest absolute Gasteiger partial charge is 0.142 e. The average molecular weight is 289 g/mol. The molecule has 0 amide bonds. The molecule has 0 radical (unpaired) electrons. The van der Waals surface area contributed by atoms with Crippen molar-refractivity contribution in [1.82, 2.24) is 0 Å². The summed E-state index contributed by atoms with van der Waals surface area (Å²) in [7, 11) is 0. The van der Waals surface area contributed by atoms with Gasteiger partial charge in [0.2, 0.25) is 0 Å². The number of anilines is 1. The normalized spacial score (nSPS) is 15.9. The minimum Gasteiger partial charge on any atom is -0.491 e. The van der Waals surface area contributed by atoms with Gasteiger partial charge in [-0.3, -0.25) is 0 Å². The van der Waals surface area contributed by atoms with Crippen molar-refractivity contribution in [2.75, 3.05) is 18.5 Å². The highest BCUT2D eigenvalue weighted by atomic mass is 16.5. The first kappa shape index (κ1) is 16.2. The van der Waals surface area contributed by atoms with Crippen LogP contribution in [-0.4, -0.2) is 13.2 Å². The van der Waals surface area contributed by atoms with Gasteiger partial charge in [-0.15, -0.1) is 0 Å². The summed E-state index contributed by atoms with van der Waals surface area (Å²) in [6.07, 6.45) is 12.1. The number of unbranched alkanes of at least 4 members (excludes halogenated alkanes) is 2. The molecule has 0 atom stereocenters. The summed E-state index contributed by atoms with van der Waals surface area (Å²) in [5.74, 6) is 1.95. The molecular weight excluding hydrogens is 258 g/mol. The number of benzene rings is 1. The molecule has 0 spiro atoms. The third-order valence-corrected chi connectivity index (χ3v) is 4.49. The maximum absolute atomic E-state index is 5.92. The first-order valence-electron chi connectivity index (χ1n) is 8.86. The van der Waals surface area contributed by atoms with E-state index in [1.165, 1.54) is 51.4 Å². The molecule has 1 aliphatic rings. The SMILES string of the molecule is CCCCCOc1ccccc1NCCC1CCCCC1. The molecule has 21 heavy (non-hydrogen) atoms. The van der Waals surface area contributed by atoms with E-state index in [0.717, 1.165) is 36.9 Å². The number of hydrogen-bond donors (Lipinski definition) is 1. The van der Waals surface area contributed by atoms with Crippen LogP contribution in [0.15, 0.2) is 24.3 Å². The lowest BCUT2D eigenvalue weighted by molar-refractivity contribution is 0.307. The third-order valence-electron chi connectivity index (χ3n) is 4.49. The summed E-state index contributed by atoms with van der Waals surface area (Å²) in [6.45, 7) is 4.12. The Balaban J connectivity index is 1.73. The van der Waals surface area contributed by atoms with Gasteiger partial charge in [0, 0.05) is 6.54 Å². The van der Waals surface area contributed by atoms with E-state index in [2.05, 4.69) is 36.5 Å². The number of rotatable bonds is 9. The van der Waals surface area contributed by atoms with Crippen molar-refractivity contribution in [3.05, 3.63) is 24.3 Å². The standard InChI is InChI=1S/C19H31NO/c1-2-3-9-16-21-19-13-8-7-12-18(19)20-15-14-17-10-5-4-6-11-17/h7-8,12-13,17,20H,2-6,9-11,14-16H2,1H3. The van der Waals surface area contributed by atoms with Gasteiger partial charge in [0.25, 0.3) is 0 Å². The minimum atomic E-state index is 0.829. The Hall–Kier alpha value is -1.18. The van der Waals surface area contributed by atoms with Gasteiger partial charge in [-0.25, -0.2) is 0 Å². The molecule has 1 saturated carbocycles. The summed E-state index contributed by atoms with van der Waals surface area (Å²) in [5, 5.41) is 3.58. The van der Waals surface area contributed by atoms with Crippen molar-refractivity contribution in [2.24, 2.45) is 5.92 Å². The Labute approximate surface area is 130 Å². The van der Waals surface area contributed by atoms with E-state index < -0.39 is 0 Å². The molecule has 1 fully saturated rings. The highest BCUT2D eigenvalue weighted by molar-refractivity contribution is 5.56. The summed E-state index contributed by atoms with van der Waals surface area (Å²) in [4.78, 5) is 0. The maximum atomic E-state index is 5.92. The molecule has 0 aromatic heterocycles. The van der Waals surface area contributed by atoms with Crippen molar-refractivity contribution in [3.8, 4) is 5.75 Å². The van der Waals surface area contributed by atoms with Crippen LogP contribution in [0.5, 0.6) is 5.75 Å². The first-order valence-corrected chi connectivity index (χ1v) is 8.86. The van der Waals surface area contributed by atoms with Crippen LogP contribution in [0.1, 0.15) is 64.7 Å². The predicted octanol–water partition coefficient (Wildman–Crippen LogP) is 5.64. The molecule has 0 heterocycles. The average Bonchev–Trinajstić information content (AvgIpc) is 2.54. The zero-order chi connectivity index (χ0) is 14.8. The zero-order valence-electron chi connectivity index (χ0n) is 13.6. The number of ether oxygens (including phenoxy) is 1. The second-order valence-electron chi connectivity index (χ2n) is 6.27. The second kappa shape index (κ2) is 9.70. The Morgan fingerprint density at radius 2 is 1.90 bits per heavy atom. The third kappa shape index (κ3) is 5.99. The molecule has 118 valence electrons. The fraction of sp³-hybridized carbons (Fsp3) is 0.684. The van der Waals surface area contributed by atoms with Crippen LogP contribution in [0.4, 0.5) is 5.69 Å². The Morgan fingerprint density at radius 1 is 1.10 bits per heavy atom. The van der Waals surface area contributed by atoms with Crippen LogP contribution in [0, 0.1) is 5.92 Å². The highest BCUT2D eigenvalue weighted by Crippen LogP contribution is 2.28. The minimum absolute atomic E-state index is 0.829. The summed E-state index contributed by atoms with van der Waals surface area (Å²) >= 11 is 0. The van der Waals surface area contributed by atoms with E-state index in [1.54, 1.807) is 0 Å². The van der Waals surface area contributed by atoms with Gasteiger partial charge in [-0.2, -0.15) is 0 Å². The van der Waals surface area contributed by atoms with E-state index in [-0.39, 0.29) is 0 Å². The molecule has 0 saturated heterocycles. The van der Waals surface area contributed by atoms with E-state index in [4.69, 9.17) is 4.74 Å². The fourth-order valence-corrected chi connectivity index (χ4v) is 3.16. The van der Waals surface area contributed by atoms with Gasteiger partial charge in [-0.05, 0) is 30.9 Å². The largest absolute Gasteiger partial charge is 0.491 e. The first-order chi connectivity index (χ1) is 10.4. The molecule has 0 aliphatic heterocycles. The van der Waals surface area contributed by atoms with Crippen LogP contribution < -0.4 is 10.1 Å². The Kier molecular flexibility index (Phi) is 7.48. The highest BCUT2D eigenvalue weighted by Gasteiger charge is 2.13. The molecule has 1 aromatic rings. The van der Waals surface area contributed by atoms with E-state index in [9.17, 15) is 0 Å². The topological polar surface area (TPSA) is 21.3 Å². The number of hydrogen-bond acceptors (Lipinski definition) is 2. The molecule has 1 N–H and O–H groups in total. The molecular formula is C19H31NO. The van der Waals surface area contributed by atoms with Gasteiger partial charge in [0.1, 0.15) is 5.75 Å². The summed E-state index contributed by atoms with van der Waals surface area (Å²) in [6, 6.07) is 8.36. The molecule has 0 unspecified atom stereocenters. The summed E-state index contributed by atoms with van der Waals surface area (Å²) in [5.41, 5.74) is 1.16. The fourth-order valence-electron chi connectivity index (χ4n) is 3.16. The monoisotopic (exact) mass is 289 g/mol. The van der Waals surface area contributed by atoms with E-state index in [0.29, 0.717) is 0 Å². The lowest BCUT2D eigenvalue weighted by Gasteiger charge is -2.22.